The van der Waals surface area contributed by atoms with Crippen molar-refractivity contribution in [2.75, 3.05) is 38.0 Å². The first-order chi connectivity index (χ1) is 14.0. The second kappa shape index (κ2) is 10.6. The van der Waals surface area contributed by atoms with Gasteiger partial charge >= 0.3 is 0 Å². The summed E-state index contributed by atoms with van der Waals surface area (Å²) < 4.78 is 0. The van der Waals surface area contributed by atoms with Gasteiger partial charge in [-0.05, 0) is 36.6 Å². The number of nitrogens with one attached hydrogen (secondary N) is 1. The molecule has 3 rings (SSSR count). The highest BCUT2D eigenvalue weighted by atomic mass is 35.5. The molecule has 2 aromatic carbocycles. The van der Waals surface area contributed by atoms with Gasteiger partial charge in [0.2, 0.25) is 11.8 Å². The Balaban J connectivity index is 1.37. The van der Waals surface area contributed by atoms with Gasteiger partial charge in [0.15, 0.2) is 0 Å². The number of carbonyl (C=O) groups is 2. The molecule has 1 N–H and O–H groups in total. The average molecular weight is 434 g/mol. The summed E-state index contributed by atoms with van der Waals surface area (Å²) in [5.41, 5.74) is 1.77. The lowest BCUT2D eigenvalue weighted by atomic mass is 10.1. The van der Waals surface area contributed by atoms with Gasteiger partial charge in [0, 0.05) is 37.6 Å². The SMILES string of the molecule is O=C(CN1CCN(C(=O)CCCc2ccccc2)CC1)Nc1cc(Cl)ccc1Cl. The van der Waals surface area contributed by atoms with Crippen molar-refractivity contribution in [3.63, 3.8) is 0 Å². The van der Waals surface area contributed by atoms with Crippen LogP contribution in [0.5, 0.6) is 0 Å². The maximum atomic E-state index is 12.4. The maximum Gasteiger partial charge on any atom is 0.238 e. The third-order valence-electron chi connectivity index (χ3n) is 4.99. The van der Waals surface area contributed by atoms with Crippen molar-refractivity contribution >= 4 is 40.7 Å². The van der Waals surface area contributed by atoms with E-state index in [1.165, 1.54) is 5.56 Å². The number of anilines is 1. The van der Waals surface area contributed by atoms with Gasteiger partial charge in [-0.3, -0.25) is 14.5 Å². The molecule has 0 saturated carbocycles. The van der Waals surface area contributed by atoms with E-state index in [0.717, 1.165) is 12.8 Å². The van der Waals surface area contributed by atoms with Gasteiger partial charge < -0.3 is 10.2 Å². The van der Waals surface area contributed by atoms with Crippen molar-refractivity contribution < 1.29 is 9.59 Å². The first-order valence-electron chi connectivity index (χ1n) is 9.80. The van der Waals surface area contributed by atoms with Crippen molar-refractivity contribution in [1.82, 2.24) is 9.80 Å². The van der Waals surface area contributed by atoms with E-state index in [-0.39, 0.29) is 18.4 Å². The number of benzene rings is 2. The van der Waals surface area contributed by atoms with E-state index in [1.54, 1.807) is 18.2 Å². The molecule has 5 nitrogen and oxygen atoms in total. The van der Waals surface area contributed by atoms with Crippen LogP contribution in [0.4, 0.5) is 5.69 Å². The molecule has 2 amide bonds. The minimum absolute atomic E-state index is 0.142. The third kappa shape index (κ3) is 6.74. The fourth-order valence-electron chi connectivity index (χ4n) is 3.39. The Kier molecular flexibility index (Phi) is 7.92. The molecule has 1 aliphatic heterocycles. The lowest BCUT2D eigenvalue weighted by Gasteiger charge is -2.34. The van der Waals surface area contributed by atoms with Crippen LogP contribution < -0.4 is 5.32 Å². The topological polar surface area (TPSA) is 52.7 Å². The number of aryl methyl sites for hydroxylation is 1. The molecule has 1 saturated heterocycles. The monoisotopic (exact) mass is 433 g/mol. The summed E-state index contributed by atoms with van der Waals surface area (Å²) in [5.74, 6) is 0.0487. The molecule has 1 heterocycles. The summed E-state index contributed by atoms with van der Waals surface area (Å²) in [7, 11) is 0. The molecule has 0 unspecified atom stereocenters. The molecule has 1 aliphatic rings. The lowest BCUT2D eigenvalue weighted by Crippen LogP contribution is -2.50. The van der Waals surface area contributed by atoms with Crippen LogP contribution in [0, 0.1) is 0 Å². The van der Waals surface area contributed by atoms with Crippen molar-refractivity contribution in [3.05, 3.63) is 64.1 Å². The van der Waals surface area contributed by atoms with Crippen molar-refractivity contribution in [2.24, 2.45) is 0 Å². The molecule has 154 valence electrons. The second-order valence-corrected chi connectivity index (χ2v) is 8.01. The van der Waals surface area contributed by atoms with Crippen LogP contribution in [0.15, 0.2) is 48.5 Å². The zero-order valence-corrected chi connectivity index (χ0v) is 17.8. The highest BCUT2D eigenvalue weighted by Gasteiger charge is 2.22. The molecule has 0 aliphatic carbocycles. The predicted molar refractivity (Wildman–Crippen MR) is 117 cm³/mol. The van der Waals surface area contributed by atoms with E-state index < -0.39 is 0 Å². The molecule has 0 spiro atoms. The lowest BCUT2D eigenvalue weighted by molar-refractivity contribution is -0.133. The molecular weight excluding hydrogens is 409 g/mol. The molecule has 0 aromatic heterocycles. The molecule has 2 aromatic rings. The van der Waals surface area contributed by atoms with Gasteiger partial charge in [-0.1, -0.05) is 53.5 Å². The molecule has 29 heavy (non-hydrogen) atoms. The Morgan fingerprint density at radius 2 is 1.69 bits per heavy atom. The first kappa shape index (κ1) is 21.6. The third-order valence-corrected chi connectivity index (χ3v) is 5.56. The summed E-state index contributed by atoms with van der Waals surface area (Å²) in [5, 5.41) is 3.77. The van der Waals surface area contributed by atoms with Gasteiger partial charge in [-0.15, -0.1) is 0 Å². The molecule has 0 bridgehead atoms. The van der Waals surface area contributed by atoms with Crippen LogP contribution >= 0.6 is 23.2 Å². The zero-order valence-electron chi connectivity index (χ0n) is 16.2. The largest absolute Gasteiger partial charge is 0.340 e. The van der Waals surface area contributed by atoms with Gasteiger partial charge in [-0.25, -0.2) is 0 Å². The van der Waals surface area contributed by atoms with Gasteiger partial charge in [-0.2, -0.15) is 0 Å². The average Bonchev–Trinajstić information content (AvgIpc) is 2.72. The van der Waals surface area contributed by atoms with Crippen LogP contribution in [0.25, 0.3) is 0 Å². The number of nitrogens with zero attached hydrogens (tertiary/aromatic N) is 2. The van der Waals surface area contributed by atoms with Crippen LogP contribution in [0.3, 0.4) is 0 Å². The minimum atomic E-state index is -0.142. The quantitative estimate of drug-likeness (QED) is 0.714. The molecule has 0 radical (unpaired) electrons. The Labute approximate surface area is 181 Å². The van der Waals surface area contributed by atoms with E-state index in [9.17, 15) is 9.59 Å². The standard InChI is InChI=1S/C22H25Cl2N3O2/c23-18-9-10-19(24)20(15-18)25-21(28)16-26-11-13-27(14-12-26)22(29)8-4-7-17-5-2-1-3-6-17/h1-3,5-6,9-10,15H,4,7-8,11-14,16H2,(H,25,28). The molecule has 0 atom stereocenters. The van der Waals surface area contributed by atoms with Crippen molar-refractivity contribution in [2.45, 2.75) is 19.3 Å². The van der Waals surface area contributed by atoms with Crippen molar-refractivity contribution in [3.8, 4) is 0 Å². The second-order valence-electron chi connectivity index (χ2n) is 7.17. The number of hydrogen-bond donors (Lipinski definition) is 1. The van der Waals surface area contributed by atoms with Gasteiger partial charge in [0.05, 0.1) is 17.3 Å². The van der Waals surface area contributed by atoms with Crippen LogP contribution in [-0.4, -0.2) is 54.3 Å². The fourth-order valence-corrected chi connectivity index (χ4v) is 3.72. The summed E-state index contributed by atoms with van der Waals surface area (Å²) in [6.07, 6.45) is 2.33. The highest BCUT2D eigenvalue weighted by Crippen LogP contribution is 2.25. The molecule has 7 heteroatoms. The summed E-state index contributed by atoms with van der Waals surface area (Å²) in [6, 6.07) is 15.2. The Bertz CT molecular complexity index is 837. The van der Waals surface area contributed by atoms with Crippen molar-refractivity contribution in [1.29, 1.82) is 0 Å². The number of hydrogen-bond acceptors (Lipinski definition) is 3. The minimum Gasteiger partial charge on any atom is -0.340 e. The number of piperazine rings is 1. The summed E-state index contributed by atoms with van der Waals surface area (Å²) in [6.45, 7) is 2.92. The number of rotatable bonds is 7. The zero-order chi connectivity index (χ0) is 20.6. The molecule has 1 fully saturated rings. The van der Waals surface area contributed by atoms with Gasteiger partial charge in [0.25, 0.3) is 0 Å². The summed E-state index contributed by atoms with van der Waals surface area (Å²) >= 11 is 12.0. The predicted octanol–water partition coefficient (Wildman–Crippen LogP) is 4.10. The summed E-state index contributed by atoms with van der Waals surface area (Å²) in [4.78, 5) is 28.7. The van der Waals surface area contributed by atoms with Gasteiger partial charge in [0.1, 0.15) is 0 Å². The highest BCUT2D eigenvalue weighted by molar-refractivity contribution is 6.35. The van der Waals surface area contributed by atoms with E-state index in [0.29, 0.717) is 48.3 Å². The smallest absolute Gasteiger partial charge is 0.238 e. The Hall–Kier alpha value is -2.08. The number of carbonyl (C=O) groups excluding carboxylic acids is 2. The number of amides is 2. The van der Waals surface area contributed by atoms with E-state index in [2.05, 4.69) is 17.4 Å². The number of halogens is 2. The van der Waals surface area contributed by atoms with Crippen LogP contribution in [0.2, 0.25) is 10.0 Å². The van der Waals surface area contributed by atoms with E-state index in [4.69, 9.17) is 23.2 Å². The fraction of sp³-hybridized carbons (Fsp3) is 0.364. The van der Waals surface area contributed by atoms with E-state index >= 15 is 0 Å². The Morgan fingerprint density at radius 1 is 0.966 bits per heavy atom. The Morgan fingerprint density at radius 3 is 2.41 bits per heavy atom. The van der Waals surface area contributed by atoms with Crippen LogP contribution in [-0.2, 0) is 16.0 Å². The first-order valence-corrected chi connectivity index (χ1v) is 10.6. The molecular formula is C22H25Cl2N3O2. The maximum absolute atomic E-state index is 12.4. The van der Waals surface area contributed by atoms with E-state index in [1.807, 2.05) is 28.0 Å². The normalized spacial score (nSPS) is 14.6. The van der Waals surface area contributed by atoms with Crippen LogP contribution in [0.1, 0.15) is 18.4 Å².